The molecule has 0 atom stereocenters. The molecule has 2 aromatic heterocycles. The van der Waals surface area contributed by atoms with E-state index in [-0.39, 0.29) is 11.5 Å². The summed E-state index contributed by atoms with van der Waals surface area (Å²) < 4.78 is 11.1. The topological polar surface area (TPSA) is 89.4 Å². The van der Waals surface area contributed by atoms with E-state index in [1.54, 1.807) is 18.2 Å². The maximum atomic E-state index is 10.9. The molecule has 0 aliphatic rings. The van der Waals surface area contributed by atoms with E-state index in [9.17, 15) is 4.79 Å². The van der Waals surface area contributed by atoms with Crippen LogP contribution in [0.2, 0.25) is 5.02 Å². The van der Waals surface area contributed by atoms with Crippen molar-refractivity contribution >= 4 is 28.5 Å². The number of aromatic carboxylic acids is 1. The number of rotatable bonds is 3. The molecular formula is C18H11ClN2O4. The molecule has 0 bridgehead atoms. The highest BCUT2D eigenvalue weighted by molar-refractivity contribution is 6.35. The molecule has 0 unspecified atom stereocenters. The zero-order chi connectivity index (χ0) is 17.6. The summed E-state index contributed by atoms with van der Waals surface area (Å²) in [6.45, 7) is 1.93. The van der Waals surface area contributed by atoms with Crippen molar-refractivity contribution in [1.29, 1.82) is 0 Å². The molecule has 0 saturated carbocycles. The summed E-state index contributed by atoms with van der Waals surface area (Å²) in [6, 6.07) is 11.7. The predicted molar refractivity (Wildman–Crippen MR) is 91.6 cm³/mol. The highest BCUT2D eigenvalue weighted by Crippen LogP contribution is 2.34. The first-order chi connectivity index (χ1) is 12.0. The van der Waals surface area contributed by atoms with Gasteiger partial charge in [-0.3, -0.25) is 0 Å². The number of carboxylic acids is 1. The normalized spacial score (nSPS) is 11.1. The van der Waals surface area contributed by atoms with Gasteiger partial charge in [-0.2, -0.15) is 4.98 Å². The quantitative estimate of drug-likeness (QED) is 0.567. The van der Waals surface area contributed by atoms with Crippen LogP contribution < -0.4 is 0 Å². The fourth-order valence-corrected chi connectivity index (χ4v) is 2.74. The summed E-state index contributed by atoms with van der Waals surface area (Å²) in [4.78, 5) is 15.2. The van der Waals surface area contributed by atoms with Crippen molar-refractivity contribution in [2.75, 3.05) is 0 Å². The summed E-state index contributed by atoms with van der Waals surface area (Å²) in [7, 11) is 0. The SMILES string of the molecule is Cc1ccc(Cl)c2cc(-c3nc(-c4ccc(C(=O)O)cc4)no3)oc12. The van der Waals surface area contributed by atoms with Crippen molar-refractivity contribution in [3.63, 3.8) is 0 Å². The third kappa shape index (κ3) is 2.66. The van der Waals surface area contributed by atoms with Gasteiger partial charge >= 0.3 is 5.97 Å². The van der Waals surface area contributed by atoms with Gasteiger partial charge in [-0.1, -0.05) is 35.0 Å². The van der Waals surface area contributed by atoms with Crippen LogP contribution in [-0.2, 0) is 0 Å². The van der Waals surface area contributed by atoms with Gasteiger partial charge in [0.15, 0.2) is 5.76 Å². The van der Waals surface area contributed by atoms with Crippen LogP contribution in [0.4, 0.5) is 0 Å². The summed E-state index contributed by atoms with van der Waals surface area (Å²) in [5.74, 6) is 0.00109. The largest absolute Gasteiger partial charge is 0.478 e. The maximum absolute atomic E-state index is 10.9. The molecule has 2 aromatic carbocycles. The molecule has 0 saturated heterocycles. The van der Waals surface area contributed by atoms with Gasteiger partial charge in [0, 0.05) is 10.9 Å². The molecule has 0 radical (unpaired) electrons. The van der Waals surface area contributed by atoms with Gasteiger partial charge in [0.1, 0.15) is 5.58 Å². The average molecular weight is 355 g/mol. The molecule has 0 spiro atoms. The number of furan rings is 1. The minimum Gasteiger partial charge on any atom is -0.478 e. The second-order valence-electron chi connectivity index (χ2n) is 5.52. The van der Waals surface area contributed by atoms with Crippen LogP contribution in [0.1, 0.15) is 15.9 Å². The zero-order valence-electron chi connectivity index (χ0n) is 13.0. The van der Waals surface area contributed by atoms with Gasteiger partial charge in [-0.25, -0.2) is 4.79 Å². The molecule has 0 amide bonds. The number of nitrogens with zero attached hydrogens (tertiary/aromatic N) is 2. The molecule has 124 valence electrons. The Morgan fingerprint density at radius 1 is 1.16 bits per heavy atom. The predicted octanol–water partition coefficient (Wildman–Crippen LogP) is 4.81. The molecule has 1 N–H and O–H groups in total. The Labute approximate surface area is 146 Å². The van der Waals surface area contributed by atoms with Crippen LogP contribution in [0, 0.1) is 6.92 Å². The van der Waals surface area contributed by atoms with E-state index in [4.69, 9.17) is 25.6 Å². The Kier molecular flexibility index (Phi) is 3.54. The van der Waals surface area contributed by atoms with Crippen molar-refractivity contribution in [2.45, 2.75) is 6.92 Å². The van der Waals surface area contributed by atoms with E-state index >= 15 is 0 Å². The van der Waals surface area contributed by atoms with Gasteiger partial charge in [-0.15, -0.1) is 0 Å². The Bertz CT molecular complexity index is 1060. The van der Waals surface area contributed by atoms with Gasteiger partial charge in [0.25, 0.3) is 5.89 Å². The highest BCUT2D eigenvalue weighted by atomic mass is 35.5. The lowest BCUT2D eigenvalue weighted by atomic mass is 10.1. The molecule has 0 aliphatic heterocycles. The van der Waals surface area contributed by atoms with Gasteiger partial charge in [0.05, 0.1) is 10.6 Å². The first-order valence-electron chi connectivity index (χ1n) is 7.39. The van der Waals surface area contributed by atoms with Crippen LogP contribution in [0.15, 0.2) is 51.4 Å². The van der Waals surface area contributed by atoms with Gasteiger partial charge < -0.3 is 14.0 Å². The minimum atomic E-state index is -0.991. The molecule has 0 aliphatic carbocycles. The molecule has 6 nitrogen and oxygen atoms in total. The first kappa shape index (κ1) is 15.4. The van der Waals surface area contributed by atoms with E-state index in [1.807, 2.05) is 19.1 Å². The smallest absolute Gasteiger partial charge is 0.335 e. The molecule has 7 heteroatoms. The molecule has 4 aromatic rings. The number of halogens is 1. The number of benzene rings is 2. The van der Waals surface area contributed by atoms with Crippen LogP contribution in [0.5, 0.6) is 0 Å². The number of carboxylic acid groups (broad SMARTS) is 1. The molecule has 25 heavy (non-hydrogen) atoms. The van der Waals surface area contributed by atoms with Crippen LogP contribution in [-0.4, -0.2) is 21.2 Å². The van der Waals surface area contributed by atoms with Crippen molar-refractivity contribution in [3.05, 3.63) is 58.6 Å². The van der Waals surface area contributed by atoms with Gasteiger partial charge in [0.2, 0.25) is 5.82 Å². The third-order valence-corrected chi connectivity index (χ3v) is 4.18. The summed E-state index contributed by atoms with van der Waals surface area (Å²) in [5, 5.41) is 14.2. The number of carbonyl (C=O) groups is 1. The summed E-state index contributed by atoms with van der Waals surface area (Å²) >= 11 is 6.20. The standard InChI is InChI=1S/C18H11ClN2O4/c1-9-2-7-13(19)12-8-14(24-15(9)12)17-20-16(21-25-17)10-3-5-11(6-4-10)18(22)23/h2-8H,1H3,(H,22,23). The van der Waals surface area contributed by atoms with Crippen molar-refractivity contribution < 1.29 is 18.8 Å². The highest BCUT2D eigenvalue weighted by Gasteiger charge is 2.17. The molecule has 4 rings (SSSR count). The number of aromatic nitrogens is 2. The monoisotopic (exact) mass is 354 g/mol. The Morgan fingerprint density at radius 2 is 1.92 bits per heavy atom. The summed E-state index contributed by atoms with van der Waals surface area (Å²) in [6.07, 6.45) is 0. The lowest BCUT2D eigenvalue weighted by Crippen LogP contribution is -1.95. The van der Waals surface area contributed by atoms with Crippen LogP contribution >= 0.6 is 11.6 Å². The Morgan fingerprint density at radius 3 is 2.60 bits per heavy atom. The molecule has 0 fully saturated rings. The van der Waals surface area contributed by atoms with Gasteiger partial charge in [-0.05, 0) is 36.8 Å². The fourth-order valence-electron chi connectivity index (χ4n) is 2.53. The van der Waals surface area contributed by atoms with Crippen molar-refractivity contribution in [1.82, 2.24) is 10.1 Å². The average Bonchev–Trinajstić information content (AvgIpc) is 3.26. The van der Waals surface area contributed by atoms with Crippen molar-refractivity contribution in [3.8, 4) is 23.0 Å². The van der Waals surface area contributed by atoms with Crippen LogP contribution in [0.25, 0.3) is 34.0 Å². The van der Waals surface area contributed by atoms with E-state index in [2.05, 4.69) is 10.1 Å². The van der Waals surface area contributed by atoms with Crippen molar-refractivity contribution in [2.24, 2.45) is 0 Å². The van der Waals surface area contributed by atoms with E-state index in [0.29, 0.717) is 27.8 Å². The Hall–Kier alpha value is -3.12. The van der Waals surface area contributed by atoms with Crippen LogP contribution in [0.3, 0.4) is 0 Å². The second kappa shape index (κ2) is 5.75. The number of aryl methyl sites for hydroxylation is 1. The molecule has 2 heterocycles. The lowest BCUT2D eigenvalue weighted by molar-refractivity contribution is 0.0697. The third-order valence-electron chi connectivity index (χ3n) is 3.85. The fraction of sp³-hybridized carbons (Fsp3) is 0.0556. The summed E-state index contributed by atoms with van der Waals surface area (Å²) in [5.41, 5.74) is 2.46. The maximum Gasteiger partial charge on any atom is 0.335 e. The first-order valence-corrected chi connectivity index (χ1v) is 7.77. The Balaban J connectivity index is 1.73. The second-order valence-corrected chi connectivity index (χ2v) is 5.93. The van der Waals surface area contributed by atoms with E-state index in [1.165, 1.54) is 12.1 Å². The minimum absolute atomic E-state index is 0.190. The molecular weight excluding hydrogens is 344 g/mol. The van der Waals surface area contributed by atoms with E-state index in [0.717, 1.165) is 10.9 Å². The number of hydrogen-bond donors (Lipinski definition) is 1. The number of fused-ring (bicyclic) bond motifs is 1. The lowest BCUT2D eigenvalue weighted by Gasteiger charge is -1.95. The van der Waals surface area contributed by atoms with E-state index < -0.39 is 5.97 Å². The zero-order valence-corrected chi connectivity index (χ0v) is 13.7. The number of hydrogen-bond acceptors (Lipinski definition) is 5.